The van der Waals surface area contributed by atoms with Gasteiger partial charge in [-0.1, -0.05) is 296 Å². The minimum Gasteiger partial charge on any atom is -0.462 e. The molecule has 6 heteroatoms. The van der Waals surface area contributed by atoms with Gasteiger partial charge in [0, 0.05) is 19.3 Å². The summed E-state index contributed by atoms with van der Waals surface area (Å²) in [7, 11) is 0. The minimum absolute atomic E-state index is 0.104. The smallest absolute Gasteiger partial charge is 0.306 e. The Morgan fingerprint density at radius 3 is 0.827 bits per heavy atom. The van der Waals surface area contributed by atoms with E-state index in [4.69, 9.17) is 14.2 Å². The van der Waals surface area contributed by atoms with E-state index in [2.05, 4.69) is 148 Å². The number of ether oxygens (including phenoxy) is 3. The van der Waals surface area contributed by atoms with E-state index in [9.17, 15) is 14.4 Å². The Kier molecular flexibility index (Phi) is 64.3. The Morgan fingerprint density at radius 1 is 0.259 bits per heavy atom. The highest BCUT2D eigenvalue weighted by Gasteiger charge is 2.19. The highest BCUT2D eigenvalue weighted by Crippen LogP contribution is 2.16. The molecule has 0 aliphatic rings. The predicted molar refractivity (Wildman–Crippen MR) is 353 cm³/mol. The first-order valence-electron chi connectivity index (χ1n) is 33.7. The fourth-order valence-electron chi connectivity index (χ4n) is 9.16. The van der Waals surface area contributed by atoms with Crippen molar-refractivity contribution >= 4 is 17.9 Å². The van der Waals surface area contributed by atoms with Crippen LogP contribution >= 0.6 is 0 Å². The highest BCUT2D eigenvalue weighted by molar-refractivity contribution is 5.71. The van der Waals surface area contributed by atoms with Crippen LogP contribution in [0, 0.1) is 0 Å². The van der Waals surface area contributed by atoms with Crippen LogP contribution in [0.4, 0.5) is 0 Å². The lowest BCUT2D eigenvalue weighted by Crippen LogP contribution is -2.30. The summed E-state index contributed by atoms with van der Waals surface area (Å²) in [5.74, 6) is -0.991. The number of esters is 3. The normalized spacial score (nSPS) is 13.0. The summed E-state index contributed by atoms with van der Waals surface area (Å²) in [5.41, 5.74) is 0. The zero-order valence-corrected chi connectivity index (χ0v) is 52.8. The van der Waals surface area contributed by atoms with Gasteiger partial charge in [0.25, 0.3) is 0 Å². The van der Waals surface area contributed by atoms with E-state index in [1.807, 2.05) is 6.08 Å². The van der Waals surface area contributed by atoms with Crippen LogP contribution in [-0.2, 0) is 28.6 Å². The molecule has 81 heavy (non-hydrogen) atoms. The maximum atomic E-state index is 12.9. The molecule has 0 amide bonds. The number of hydrogen-bond donors (Lipinski definition) is 0. The largest absolute Gasteiger partial charge is 0.462 e. The molecule has 0 saturated heterocycles. The molecule has 1 atom stereocenters. The fourth-order valence-corrected chi connectivity index (χ4v) is 9.16. The summed E-state index contributed by atoms with van der Waals surface area (Å²) in [4.78, 5) is 38.3. The van der Waals surface area contributed by atoms with Crippen LogP contribution in [0.5, 0.6) is 0 Å². The second-order valence-electron chi connectivity index (χ2n) is 22.0. The molecule has 0 aromatic heterocycles. The molecule has 0 rings (SSSR count). The second kappa shape index (κ2) is 68.1. The van der Waals surface area contributed by atoms with Gasteiger partial charge >= 0.3 is 17.9 Å². The van der Waals surface area contributed by atoms with Crippen LogP contribution in [-0.4, -0.2) is 37.2 Å². The Balaban J connectivity index is 4.23. The van der Waals surface area contributed by atoms with E-state index >= 15 is 0 Å². The van der Waals surface area contributed by atoms with E-state index in [0.717, 1.165) is 109 Å². The lowest BCUT2D eigenvalue weighted by Gasteiger charge is -2.18. The first kappa shape index (κ1) is 76.5. The number of carbonyl (C=O) groups excluding carboxylic acids is 3. The molecule has 0 saturated carbocycles. The maximum absolute atomic E-state index is 12.9. The number of carbonyl (C=O) groups is 3. The van der Waals surface area contributed by atoms with Gasteiger partial charge in [0.15, 0.2) is 6.10 Å². The number of allylic oxidation sites excluding steroid dienone is 22. The van der Waals surface area contributed by atoms with Crippen molar-refractivity contribution in [3.05, 3.63) is 134 Å². The molecule has 0 heterocycles. The average molecular weight is 1120 g/mol. The van der Waals surface area contributed by atoms with Crippen molar-refractivity contribution in [2.75, 3.05) is 13.2 Å². The summed E-state index contributed by atoms with van der Waals surface area (Å²) in [6.45, 7) is 6.33. The van der Waals surface area contributed by atoms with Gasteiger partial charge in [-0.2, -0.15) is 0 Å². The van der Waals surface area contributed by atoms with Gasteiger partial charge in [0.1, 0.15) is 13.2 Å². The quantitative estimate of drug-likeness (QED) is 0.0261. The van der Waals surface area contributed by atoms with Gasteiger partial charge in [-0.25, -0.2) is 0 Å². The molecule has 460 valence electrons. The summed E-state index contributed by atoms with van der Waals surface area (Å²) in [6.07, 6.45) is 96.4. The third-order valence-electron chi connectivity index (χ3n) is 14.1. The molecule has 0 aromatic rings. The van der Waals surface area contributed by atoms with Gasteiger partial charge < -0.3 is 14.2 Å². The number of hydrogen-bond acceptors (Lipinski definition) is 6. The minimum atomic E-state index is -0.814. The van der Waals surface area contributed by atoms with Crippen molar-refractivity contribution in [1.29, 1.82) is 0 Å². The van der Waals surface area contributed by atoms with Crippen molar-refractivity contribution in [1.82, 2.24) is 0 Å². The summed E-state index contributed by atoms with van der Waals surface area (Å²) in [6, 6.07) is 0. The first-order chi connectivity index (χ1) is 40.0. The summed E-state index contributed by atoms with van der Waals surface area (Å²) >= 11 is 0. The molecule has 0 fully saturated rings. The molecular weight excluding hydrogens is 997 g/mol. The van der Waals surface area contributed by atoms with Crippen LogP contribution in [0.2, 0.25) is 0 Å². The lowest BCUT2D eigenvalue weighted by atomic mass is 10.0. The molecule has 6 nitrogen and oxygen atoms in total. The zero-order valence-electron chi connectivity index (χ0n) is 52.8. The van der Waals surface area contributed by atoms with Crippen molar-refractivity contribution in [3.8, 4) is 0 Å². The van der Waals surface area contributed by atoms with E-state index in [1.165, 1.54) is 148 Å². The molecule has 0 spiro atoms. The molecule has 0 N–H and O–H groups in total. The third kappa shape index (κ3) is 66.2. The standard InChI is InChI=1S/C75H124O6/c1-4-7-10-13-16-19-22-25-27-29-30-31-32-33-34-35-36-37-38-39-40-41-42-43-44-46-47-50-53-56-59-62-65-68-74(77)80-71-72(70-79-73(76)67-64-61-58-55-52-49-24-21-18-15-12-9-6-3)81-75(78)69-66-63-60-57-54-51-48-45-28-26-23-20-17-14-11-8-5-2/h7,9-10,12,16-21,25-28,30-31,33-34,49,52,58,61,72H,4-6,8,11,13-15,22-24,29,32,35-48,50-51,53-57,59-60,62-71H2,1-3H3/b10-7-,12-9-,19-16-,20-17-,21-18-,27-25-,28-26-,31-30-,34-33-,52-49-,61-58-. The average Bonchev–Trinajstić information content (AvgIpc) is 3.46. The number of unbranched alkanes of at least 4 members (excludes halogenated alkanes) is 27. The monoisotopic (exact) mass is 1120 g/mol. The van der Waals surface area contributed by atoms with Crippen LogP contribution in [0.25, 0.3) is 0 Å². The van der Waals surface area contributed by atoms with Crippen molar-refractivity contribution < 1.29 is 28.6 Å². The second-order valence-corrected chi connectivity index (χ2v) is 22.0. The SMILES string of the molecule is CC/C=C\C/C=C\C/C=C\C/C=C\C/C=C\CCCCCCCCCCCCCCCCCCCC(=O)OCC(COC(=O)CC/C=C\C/C=C\C/C=C\C/C=C\CC)OC(=O)CCCCCCCCC/C=C\C/C=C\CCCCC. The highest BCUT2D eigenvalue weighted by atomic mass is 16.6. The van der Waals surface area contributed by atoms with Crippen molar-refractivity contribution in [2.24, 2.45) is 0 Å². The molecule has 0 radical (unpaired) electrons. The third-order valence-corrected chi connectivity index (χ3v) is 14.1. The topological polar surface area (TPSA) is 78.9 Å². The van der Waals surface area contributed by atoms with Crippen LogP contribution in [0.3, 0.4) is 0 Å². The van der Waals surface area contributed by atoms with Gasteiger partial charge in [0.2, 0.25) is 0 Å². The summed E-state index contributed by atoms with van der Waals surface area (Å²) in [5, 5.41) is 0. The Morgan fingerprint density at radius 2 is 0.506 bits per heavy atom. The van der Waals surface area contributed by atoms with Gasteiger partial charge in [0.05, 0.1) is 0 Å². The van der Waals surface area contributed by atoms with Crippen LogP contribution in [0.15, 0.2) is 134 Å². The number of rotatable bonds is 60. The Hall–Kier alpha value is -4.45. The molecule has 1 unspecified atom stereocenters. The molecule has 0 aromatic carbocycles. The van der Waals surface area contributed by atoms with E-state index < -0.39 is 6.10 Å². The molecule has 0 bridgehead atoms. The summed E-state index contributed by atoms with van der Waals surface area (Å²) < 4.78 is 16.8. The molecule has 0 aliphatic heterocycles. The van der Waals surface area contributed by atoms with Crippen LogP contribution < -0.4 is 0 Å². The van der Waals surface area contributed by atoms with E-state index in [1.54, 1.807) is 0 Å². The maximum Gasteiger partial charge on any atom is 0.306 e. The predicted octanol–water partition coefficient (Wildman–Crippen LogP) is 23.3. The van der Waals surface area contributed by atoms with Crippen molar-refractivity contribution in [2.45, 2.75) is 309 Å². The van der Waals surface area contributed by atoms with E-state index in [-0.39, 0.29) is 37.5 Å². The Bertz CT molecular complexity index is 1720. The zero-order chi connectivity index (χ0) is 58.5. The first-order valence-corrected chi connectivity index (χ1v) is 33.7. The molecule has 0 aliphatic carbocycles. The van der Waals surface area contributed by atoms with Gasteiger partial charge in [-0.3, -0.25) is 14.4 Å². The lowest BCUT2D eigenvalue weighted by molar-refractivity contribution is -0.166. The van der Waals surface area contributed by atoms with Gasteiger partial charge in [-0.05, 0) is 122 Å². The van der Waals surface area contributed by atoms with E-state index in [0.29, 0.717) is 19.3 Å². The Labute approximate surface area is 500 Å². The van der Waals surface area contributed by atoms with Crippen LogP contribution in [0.1, 0.15) is 303 Å². The molecular formula is C75H124O6. The fraction of sp³-hybridized carbons (Fsp3) is 0.667. The van der Waals surface area contributed by atoms with Crippen molar-refractivity contribution in [3.63, 3.8) is 0 Å². The van der Waals surface area contributed by atoms with Gasteiger partial charge in [-0.15, -0.1) is 0 Å².